The molecule has 0 spiro atoms. The Bertz CT molecular complexity index is 445. The highest BCUT2D eigenvalue weighted by molar-refractivity contribution is 5.87. The highest BCUT2D eigenvalue weighted by atomic mass is 16.5. The molecule has 3 rings (SSSR count). The van der Waals surface area contributed by atoms with Crippen molar-refractivity contribution in [2.24, 2.45) is 0 Å². The second kappa shape index (κ2) is 4.61. The van der Waals surface area contributed by atoms with E-state index in [1.807, 2.05) is 0 Å². The number of ether oxygens (including phenoxy) is 2. The van der Waals surface area contributed by atoms with Crippen LogP contribution >= 0.6 is 0 Å². The molecule has 1 aromatic heterocycles. The van der Waals surface area contributed by atoms with Crippen LogP contribution < -0.4 is 5.32 Å². The Labute approximate surface area is 105 Å². The Morgan fingerprint density at radius 1 is 1.61 bits per heavy atom. The van der Waals surface area contributed by atoms with Gasteiger partial charge in [0.15, 0.2) is 5.69 Å². The molecular weight excluding hydrogens is 236 g/mol. The van der Waals surface area contributed by atoms with Crippen LogP contribution in [0.5, 0.6) is 0 Å². The third-order valence-corrected chi connectivity index (χ3v) is 3.40. The zero-order chi connectivity index (χ0) is 12.5. The van der Waals surface area contributed by atoms with E-state index in [4.69, 9.17) is 13.9 Å². The minimum atomic E-state index is -0.460. The van der Waals surface area contributed by atoms with E-state index in [1.165, 1.54) is 6.26 Å². The van der Waals surface area contributed by atoms with E-state index in [2.05, 4.69) is 10.3 Å². The third-order valence-electron chi connectivity index (χ3n) is 3.40. The van der Waals surface area contributed by atoms with Crippen LogP contribution in [0.3, 0.4) is 0 Å². The van der Waals surface area contributed by atoms with Crippen LogP contribution in [0.2, 0.25) is 0 Å². The molecule has 6 nitrogen and oxygen atoms in total. The van der Waals surface area contributed by atoms with Gasteiger partial charge in [0.2, 0.25) is 0 Å². The molecule has 3 unspecified atom stereocenters. The SMILES string of the molecule is CCOC(=O)c1coc(NC2CC3CCC2O3)n1. The van der Waals surface area contributed by atoms with Crippen molar-refractivity contribution >= 4 is 12.0 Å². The quantitative estimate of drug-likeness (QED) is 0.820. The molecule has 1 aromatic rings. The monoisotopic (exact) mass is 252 g/mol. The standard InChI is InChI=1S/C12H16N2O4/c1-2-16-11(15)9-6-17-12(14-9)13-8-5-7-3-4-10(8)18-7/h6-8,10H,2-5H2,1H3,(H,13,14). The van der Waals surface area contributed by atoms with Crippen LogP contribution in [-0.4, -0.2) is 35.8 Å². The first kappa shape index (κ1) is 11.5. The smallest absolute Gasteiger partial charge is 0.360 e. The van der Waals surface area contributed by atoms with E-state index in [0.717, 1.165) is 19.3 Å². The number of carbonyl (C=O) groups excluding carboxylic acids is 1. The number of carbonyl (C=O) groups is 1. The maximum Gasteiger partial charge on any atom is 0.360 e. The van der Waals surface area contributed by atoms with Gasteiger partial charge >= 0.3 is 5.97 Å². The number of aromatic nitrogens is 1. The molecule has 0 aromatic carbocycles. The van der Waals surface area contributed by atoms with E-state index in [1.54, 1.807) is 6.92 Å². The molecule has 0 amide bonds. The summed E-state index contributed by atoms with van der Waals surface area (Å²) in [5.41, 5.74) is 0.198. The van der Waals surface area contributed by atoms with Crippen molar-refractivity contribution in [3.05, 3.63) is 12.0 Å². The predicted molar refractivity (Wildman–Crippen MR) is 62.4 cm³/mol. The van der Waals surface area contributed by atoms with E-state index in [0.29, 0.717) is 18.7 Å². The lowest BCUT2D eigenvalue weighted by molar-refractivity contribution is 0.0519. The average molecular weight is 252 g/mol. The van der Waals surface area contributed by atoms with Gasteiger partial charge in [0.05, 0.1) is 24.9 Å². The fourth-order valence-corrected chi connectivity index (χ4v) is 2.59. The normalized spacial score (nSPS) is 29.5. The molecule has 2 fully saturated rings. The lowest BCUT2D eigenvalue weighted by Gasteiger charge is -2.18. The summed E-state index contributed by atoms with van der Waals surface area (Å²) in [7, 11) is 0. The Balaban J connectivity index is 1.62. The highest BCUT2D eigenvalue weighted by Crippen LogP contribution is 2.35. The van der Waals surface area contributed by atoms with Gasteiger partial charge in [-0.1, -0.05) is 0 Å². The van der Waals surface area contributed by atoms with Crippen molar-refractivity contribution in [1.82, 2.24) is 4.98 Å². The molecule has 0 saturated carbocycles. The Morgan fingerprint density at radius 3 is 3.17 bits per heavy atom. The Morgan fingerprint density at radius 2 is 2.50 bits per heavy atom. The summed E-state index contributed by atoms with van der Waals surface area (Å²) in [5, 5.41) is 3.18. The summed E-state index contributed by atoms with van der Waals surface area (Å²) >= 11 is 0. The Hall–Kier alpha value is -1.56. The molecule has 0 radical (unpaired) electrons. The first-order chi connectivity index (χ1) is 8.76. The van der Waals surface area contributed by atoms with E-state index < -0.39 is 5.97 Å². The molecule has 2 saturated heterocycles. The lowest BCUT2D eigenvalue weighted by Crippen LogP contribution is -2.30. The zero-order valence-corrected chi connectivity index (χ0v) is 10.2. The number of hydrogen-bond acceptors (Lipinski definition) is 6. The molecular formula is C12H16N2O4. The first-order valence-electron chi connectivity index (χ1n) is 6.31. The van der Waals surface area contributed by atoms with Crippen molar-refractivity contribution in [1.29, 1.82) is 0 Å². The molecule has 18 heavy (non-hydrogen) atoms. The van der Waals surface area contributed by atoms with E-state index in [-0.39, 0.29) is 17.8 Å². The van der Waals surface area contributed by atoms with Crippen LogP contribution in [0.1, 0.15) is 36.7 Å². The van der Waals surface area contributed by atoms with Gasteiger partial charge in [-0.15, -0.1) is 0 Å². The summed E-state index contributed by atoms with van der Waals surface area (Å²) in [6.45, 7) is 2.08. The summed E-state index contributed by atoms with van der Waals surface area (Å²) in [6, 6.07) is 0.594. The number of hydrogen-bond donors (Lipinski definition) is 1. The minimum absolute atomic E-state index is 0.198. The summed E-state index contributed by atoms with van der Waals surface area (Å²) in [6.07, 6.45) is 5.12. The van der Waals surface area contributed by atoms with E-state index >= 15 is 0 Å². The highest BCUT2D eigenvalue weighted by Gasteiger charge is 2.41. The van der Waals surface area contributed by atoms with Gasteiger partial charge in [0.25, 0.3) is 6.01 Å². The van der Waals surface area contributed by atoms with Crippen molar-refractivity contribution in [3.63, 3.8) is 0 Å². The number of oxazole rings is 1. The average Bonchev–Trinajstić information content (AvgIpc) is 3.04. The molecule has 2 aliphatic heterocycles. The maximum absolute atomic E-state index is 11.4. The van der Waals surface area contributed by atoms with Gasteiger partial charge in [-0.3, -0.25) is 0 Å². The summed E-state index contributed by atoms with van der Waals surface area (Å²) in [5.74, 6) is -0.460. The maximum atomic E-state index is 11.4. The molecule has 3 atom stereocenters. The first-order valence-corrected chi connectivity index (χ1v) is 6.31. The van der Waals surface area contributed by atoms with Gasteiger partial charge in [-0.25, -0.2) is 4.79 Å². The van der Waals surface area contributed by atoms with Gasteiger partial charge < -0.3 is 19.2 Å². The summed E-state index contributed by atoms with van der Waals surface area (Å²) in [4.78, 5) is 15.5. The number of esters is 1. The fourth-order valence-electron chi connectivity index (χ4n) is 2.59. The van der Waals surface area contributed by atoms with Crippen LogP contribution in [0.25, 0.3) is 0 Å². The van der Waals surface area contributed by atoms with Crippen molar-refractivity contribution in [2.75, 3.05) is 11.9 Å². The van der Waals surface area contributed by atoms with Crippen LogP contribution in [-0.2, 0) is 9.47 Å². The molecule has 1 N–H and O–H groups in total. The number of nitrogens with one attached hydrogen (secondary N) is 1. The van der Waals surface area contributed by atoms with Crippen molar-refractivity contribution in [2.45, 2.75) is 44.4 Å². The second-order valence-corrected chi connectivity index (χ2v) is 4.62. The van der Waals surface area contributed by atoms with Crippen LogP contribution in [0.15, 0.2) is 10.7 Å². The second-order valence-electron chi connectivity index (χ2n) is 4.62. The molecule has 98 valence electrons. The lowest BCUT2D eigenvalue weighted by atomic mass is 9.96. The molecule has 0 aliphatic carbocycles. The number of rotatable bonds is 4. The topological polar surface area (TPSA) is 73.6 Å². The van der Waals surface area contributed by atoms with Gasteiger partial charge in [0.1, 0.15) is 6.26 Å². The largest absolute Gasteiger partial charge is 0.461 e. The van der Waals surface area contributed by atoms with Gasteiger partial charge in [0, 0.05) is 0 Å². The van der Waals surface area contributed by atoms with Crippen molar-refractivity contribution in [3.8, 4) is 0 Å². The zero-order valence-electron chi connectivity index (χ0n) is 10.2. The number of nitrogens with zero attached hydrogens (tertiary/aromatic N) is 1. The van der Waals surface area contributed by atoms with Gasteiger partial charge in [-0.05, 0) is 26.2 Å². The van der Waals surface area contributed by atoms with Crippen LogP contribution in [0.4, 0.5) is 6.01 Å². The molecule has 2 aliphatic rings. The number of fused-ring (bicyclic) bond motifs is 2. The molecule has 3 heterocycles. The predicted octanol–water partition coefficient (Wildman–Crippen LogP) is 1.58. The molecule has 6 heteroatoms. The fraction of sp³-hybridized carbons (Fsp3) is 0.667. The summed E-state index contributed by atoms with van der Waals surface area (Å²) < 4.78 is 15.8. The Kier molecular flexibility index (Phi) is 2.95. The minimum Gasteiger partial charge on any atom is -0.461 e. The number of anilines is 1. The van der Waals surface area contributed by atoms with Crippen molar-refractivity contribution < 1.29 is 18.7 Å². The van der Waals surface area contributed by atoms with E-state index in [9.17, 15) is 4.79 Å². The molecule has 2 bridgehead atoms. The van der Waals surface area contributed by atoms with Crippen LogP contribution in [0, 0.1) is 0 Å². The van der Waals surface area contributed by atoms with Gasteiger partial charge in [-0.2, -0.15) is 4.98 Å². The third kappa shape index (κ3) is 2.08.